The van der Waals surface area contributed by atoms with Crippen molar-refractivity contribution in [1.82, 2.24) is 21.4 Å². The van der Waals surface area contributed by atoms with Crippen LogP contribution in [0.5, 0.6) is 0 Å². The number of hydroxylamine groups is 1. The van der Waals surface area contributed by atoms with E-state index in [2.05, 4.69) is 33.3 Å². The number of amides is 3. The lowest BCUT2D eigenvalue weighted by atomic mass is 10.1. The normalized spacial score (nSPS) is 10.6. The van der Waals surface area contributed by atoms with E-state index in [4.69, 9.17) is 19.0 Å². The summed E-state index contributed by atoms with van der Waals surface area (Å²) in [6.45, 7) is 8.71. The number of hydrogen-bond acceptors (Lipinski definition) is 9. The van der Waals surface area contributed by atoms with Gasteiger partial charge in [0, 0.05) is 23.9 Å². The lowest BCUT2D eigenvalue weighted by Crippen LogP contribution is -2.35. The molecule has 0 bridgehead atoms. The second kappa shape index (κ2) is 23.2. The smallest absolute Gasteiger partial charge is 0.339 e. The number of hydrogen-bond donors (Lipinski definition) is 4. The molecule has 0 saturated heterocycles. The largest absolute Gasteiger partial charge is 0.378 e. The van der Waals surface area contributed by atoms with Crippen molar-refractivity contribution in [2.24, 2.45) is 5.92 Å². The predicted octanol–water partition coefficient (Wildman–Crippen LogP) is 2.20. The number of likely N-dealkylation sites (N-methyl/N-ethyl adjacent to an activating group) is 1. The van der Waals surface area contributed by atoms with Gasteiger partial charge in [-0.2, -0.15) is 0 Å². The summed E-state index contributed by atoms with van der Waals surface area (Å²) in [6.07, 6.45) is 0.304. The fourth-order valence-electron chi connectivity index (χ4n) is 2.52. The van der Waals surface area contributed by atoms with E-state index >= 15 is 0 Å². The highest BCUT2D eigenvalue weighted by Gasteiger charge is 2.04. The van der Waals surface area contributed by atoms with Crippen molar-refractivity contribution in [3.63, 3.8) is 0 Å². The summed E-state index contributed by atoms with van der Waals surface area (Å²) >= 11 is 0. The van der Waals surface area contributed by atoms with Gasteiger partial charge in [-0.15, -0.1) is 0 Å². The van der Waals surface area contributed by atoms with E-state index in [1.165, 1.54) is 21.6 Å². The van der Waals surface area contributed by atoms with E-state index in [0.29, 0.717) is 52.6 Å². The third-order valence-electron chi connectivity index (χ3n) is 4.25. The molecule has 3 amide bonds. The van der Waals surface area contributed by atoms with Crippen LogP contribution in [0.3, 0.4) is 0 Å². The van der Waals surface area contributed by atoms with Crippen LogP contribution in [0, 0.1) is 17.8 Å². The van der Waals surface area contributed by atoms with Gasteiger partial charge in [0.25, 0.3) is 0 Å². The Labute approximate surface area is 228 Å². The molecule has 0 fully saturated rings. The second-order valence-corrected chi connectivity index (χ2v) is 10.2. The molecule has 0 aliphatic rings. The SMILES string of the molecule is CNCCOCCOCCOCCNC(=O)Cc1ccc(SSCONC(=O)NCC#CC(C)C)cc1. The Morgan fingerprint density at radius 1 is 0.919 bits per heavy atom. The first-order chi connectivity index (χ1) is 18.0. The van der Waals surface area contributed by atoms with Gasteiger partial charge in [-0.05, 0) is 24.7 Å². The highest BCUT2D eigenvalue weighted by molar-refractivity contribution is 8.76. The Morgan fingerprint density at radius 3 is 2.22 bits per heavy atom. The van der Waals surface area contributed by atoms with Crippen LogP contribution in [0.2, 0.25) is 0 Å². The molecule has 208 valence electrons. The zero-order valence-electron chi connectivity index (χ0n) is 21.9. The van der Waals surface area contributed by atoms with Gasteiger partial charge in [-0.1, -0.05) is 59.4 Å². The van der Waals surface area contributed by atoms with Crippen molar-refractivity contribution < 1.29 is 28.6 Å². The highest BCUT2D eigenvalue weighted by Crippen LogP contribution is 2.30. The molecular weight excluding hydrogens is 516 g/mol. The van der Waals surface area contributed by atoms with E-state index < -0.39 is 6.03 Å². The van der Waals surface area contributed by atoms with Crippen LogP contribution >= 0.6 is 21.6 Å². The fourth-order valence-corrected chi connectivity index (χ4v) is 4.09. The molecule has 0 saturated carbocycles. The first-order valence-corrected chi connectivity index (χ1v) is 14.5. The Kier molecular flexibility index (Phi) is 20.7. The molecule has 0 heterocycles. The summed E-state index contributed by atoms with van der Waals surface area (Å²) in [5, 5.41) is 8.45. The highest BCUT2D eigenvalue weighted by atomic mass is 33.1. The Hall–Kier alpha value is -1.98. The van der Waals surface area contributed by atoms with Crippen molar-refractivity contribution in [3.05, 3.63) is 29.8 Å². The van der Waals surface area contributed by atoms with Gasteiger partial charge in [0.05, 0.1) is 52.6 Å². The summed E-state index contributed by atoms with van der Waals surface area (Å²) in [5.74, 6) is 6.31. The van der Waals surface area contributed by atoms with Crippen molar-refractivity contribution in [3.8, 4) is 11.8 Å². The molecular formula is C25H40N4O6S2. The van der Waals surface area contributed by atoms with Gasteiger partial charge in [-0.25, -0.2) is 10.3 Å². The minimum Gasteiger partial charge on any atom is -0.378 e. The number of benzene rings is 1. The first kappa shape index (κ1) is 33.0. The van der Waals surface area contributed by atoms with Gasteiger partial charge in [0.15, 0.2) is 0 Å². The van der Waals surface area contributed by atoms with Crippen LogP contribution in [0.25, 0.3) is 0 Å². The summed E-state index contributed by atoms with van der Waals surface area (Å²) in [5.41, 5.74) is 3.24. The molecule has 10 nitrogen and oxygen atoms in total. The monoisotopic (exact) mass is 556 g/mol. The number of nitrogens with one attached hydrogen (secondary N) is 4. The maximum atomic E-state index is 12.1. The van der Waals surface area contributed by atoms with Crippen molar-refractivity contribution in [1.29, 1.82) is 0 Å². The van der Waals surface area contributed by atoms with Crippen LogP contribution in [0.4, 0.5) is 4.79 Å². The van der Waals surface area contributed by atoms with Crippen LogP contribution in [0.15, 0.2) is 29.2 Å². The molecule has 0 atom stereocenters. The molecule has 37 heavy (non-hydrogen) atoms. The molecule has 0 aromatic heterocycles. The van der Waals surface area contributed by atoms with E-state index in [9.17, 15) is 9.59 Å². The van der Waals surface area contributed by atoms with E-state index in [-0.39, 0.29) is 24.3 Å². The maximum absolute atomic E-state index is 12.1. The van der Waals surface area contributed by atoms with E-state index in [1.54, 1.807) is 0 Å². The number of ether oxygens (including phenoxy) is 3. The average Bonchev–Trinajstić information content (AvgIpc) is 2.88. The van der Waals surface area contributed by atoms with Gasteiger partial charge < -0.3 is 30.2 Å². The zero-order valence-corrected chi connectivity index (χ0v) is 23.6. The number of carbonyl (C=O) groups is 2. The van der Waals surface area contributed by atoms with Gasteiger partial charge in [0.1, 0.15) is 5.94 Å². The predicted molar refractivity (Wildman–Crippen MR) is 148 cm³/mol. The van der Waals surface area contributed by atoms with E-state index in [1.807, 2.05) is 45.2 Å². The van der Waals surface area contributed by atoms with E-state index in [0.717, 1.165) is 17.0 Å². The number of urea groups is 1. The fraction of sp³-hybridized carbons (Fsp3) is 0.600. The Morgan fingerprint density at radius 2 is 1.57 bits per heavy atom. The Balaban J connectivity index is 2.02. The van der Waals surface area contributed by atoms with Crippen molar-refractivity contribution in [2.45, 2.75) is 25.2 Å². The van der Waals surface area contributed by atoms with Crippen LogP contribution in [-0.2, 0) is 30.3 Å². The maximum Gasteiger partial charge on any atom is 0.339 e. The molecule has 12 heteroatoms. The standard InChI is InChI=1S/C25H40N4O6S2/c1-21(2)5-4-10-28-25(31)29-35-20-36-37-23-8-6-22(7-9-23)19-24(30)27-12-14-33-16-18-34-17-15-32-13-11-26-3/h6-9,21,26H,10-20H2,1-3H3,(H,27,30)(H2,28,29,31). The number of rotatable bonds is 20. The first-order valence-electron chi connectivity index (χ1n) is 12.2. The topological polar surface area (TPSA) is 119 Å². The lowest BCUT2D eigenvalue weighted by molar-refractivity contribution is -0.120. The molecule has 1 aromatic carbocycles. The quantitative estimate of drug-likeness (QED) is 0.0630. The molecule has 1 rings (SSSR count). The summed E-state index contributed by atoms with van der Waals surface area (Å²) < 4.78 is 16.2. The van der Waals surface area contributed by atoms with Gasteiger partial charge >= 0.3 is 6.03 Å². The Bertz CT molecular complexity index is 803. The molecule has 0 aliphatic heterocycles. The summed E-state index contributed by atoms with van der Waals surface area (Å²) in [6, 6.07) is 7.31. The van der Waals surface area contributed by atoms with Crippen LogP contribution in [0.1, 0.15) is 19.4 Å². The number of carbonyl (C=O) groups excluding carboxylic acids is 2. The molecule has 0 radical (unpaired) electrons. The van der Waals surface area contributed by atoms with Crippen LogP contribution in [-0.4, -0.2) is 84.2 Å². The summed E-state index contributed by atoms with van der Waals surface area (Å²) in [7, 11) is 4.84. The minimum atomic E-state index is -0.427. The second-order valence-electron chi connectivity index (χ2n) is 7.84. The van der Waals surface area contributed by atoms with Crippen molar-refractivity contribution in [2.75, 3.05) is 72.3 Å². The van der Waals surface area contributed by atoms with Gasteiger partial charge in [-0.3, -0.25) is 9.63 Å². The molecule has 0 spiro atoms. The molecule has 0 aliphatic carbocycles. The zero-order chi connectivity index (χ0) is 27.0. The van der Waals surface area contributed by atoms with Crippen LogP contribution < -0.4 is 21.4 Å². The molecule has 1 aromatic rings. The average molecular weight is 557 g/mol. The van der Waals surface area contributed by atoms with Crippen molar-refractivity contribution >= 4 is 33.5 Å². The lowest BCUT2D eigenvalue weighted by Gasteiger charge is -2.08. The summed E-state index contributed by atoms with van der Waals surface area (Å²) in [4.78, 5) is 29.8. The third-order valence-corrected chi connectivity index (χ3v) is 6.27. The molecule has 4 N–H and O–H groups in total. The third kappa shape index (κ3) is 20.7. The molecule has 0 unspecified atom stereocenters. The van der Waals surface area contributed by atoms with Gasteiger partial charge in [0.2, 0.25) is 5.91 Å². The minimum absolute atomic E-state index is 0.0544.